The van der Waals surface area contributed by atoms with Crippen molar-refractivity contribution in [2.75, 3.05) is 13.1 Å². The monoisotopic (exact) mass is 169 g/mol. The van der Waals surface area contributed by atoms with Crippen LogP contribution in [0.1, 0.15) is 39.5 Å². The highest BCUT2D eigenvalue weighted by molar-refractivity contribution is 5.78. The van der Waals surface area contributed by atoms with Crippen LogP contribution < -0.4 is 0 Å². The van der Waals surface area contributed by atoms with Gasteiger partial charge in [0.1, 0.15) is 0 Å². The standard InChI is InChI=1S/C10H19NO/c1-3-4-5-6-11-8-9(2)7-10(11)12/h9H,3-8H2,1-2H3. The van der Waals surface area contributed by atoms with Crippen LogP contribution >= 0.6 is 0 Å². The summed E-state index contributed by atoms with van der Waals surface area (Å²) in [7, 11) is 0. The Kier molecular flexibility index (Phi) is 3.57. The largest absolute Gasteiger partial charge is 0.342 e. The molecule has 0 N–H and O–H groups in total. The number of rotatable bonds is 4. The van der Waals surface area contributed by atoms with Crippen LogP contribution in [-0.2, 0) is 4.79 Å². The lowest BCUT2D eigenvalue weighted by molar-refractivity contribution is -0.127. The predicted octanol–water partition coefficient (Wildman–Crippen LogP) is 2.04. The first kappa shape index (κ1) is 9.56. The third-order valence-corrected chi connectivity index (χ3v) is 2.44. The molecule has 0 aromatic carbocycles. The van der Waals surface area contributed by atoms with Gasteiger partial charge in [0.15, 0.2) is 0 Å². The number of nitrogens with zero attached hydrogens (tertiary/aromatic N) is 1. The maximum atomic E-state index is 11.3. The summed E-state index contributed by atoms with van der Waals surface area (Å²) in [5.41, 5.74) is 0. The zero-order valence-electron chi connectivity index (χ0n) is 8.18. The number of carbonyl (C=O) groups excluding carboxylic acids is 1. The molecule has 12 heavy (non-hydrogen) atoms. The summed E-state index contributed by atoms with van der Waals surface area (Å²) < 4.78 is 0. The Morgan fingerprint density at radius 1 is 1.50 bits per heavy atom. The van der Waals surface area contributed by atoms with Crippen molar-refractivity contribution < 1.29 is 4.79 Å². The van der Waals surface area contributed by atoms with Crippen molar-refractivity contribution in [2.45, 2.75) is 39.5 Å². The number of carbonyl (C=O) groups is 1. The molecule has 0 radical (unpaired) electrons. The molecular formula is C10H19NO. The van der Waals surface area contributed by atoms with E-state index in [1.54, 1.807) is 0 Å². The average molecular weight is 169 g/mol. The molecule has 1 saturated heterocycles. The minimum atomic E-state index is 0.360. The number of likely N-dealkylation sites (tertiary alicyclic amines) is 1. The van der Waals surface area contributed by atoms with Gasteiger partial charge in [-0.25, -0.2) is 0 Å². The summed E-state index contributed by atoms with van der Waals surface area (Å²) in [4.78, 5) is 13.3. The maximum absolute atomic E-state index is 11.3. The SMILES string of the molecule is CCCCCN1CC(C)CC1=O. The molecular weight excluding hydrogens is 150 g/mol. The zero-order chi connectivity index (χ0) is 8.97. The van der Waals surface area contributed by atoms with Crippen LogP contribution in [0.15, 0.2) is 0 Å². The molecule has 1 unspecified atom stereocenters. The average Bonchev–Trinajstić information content (AvgIpc) is 2.31. The molecule has 2 heteroatoms. The van der Waals surface area contributed by atoms with Gasteiger partial charge in [-0.15, -0.1) is 0 Å². The summed E-state index contributed by atoms with van der Waals surface area (Å²) in [5.74, 6) is 0.942. The number of hydrogen-bond donors (Lipinski definition) is 0. The fourth-order valence-corrected chi connectivity index (χ4v) is 1.74. The number of amides is 1. The van der Waals surface area contributed by atoms with Gasteiger partial charge < -0.3 is 4.90 Å². The lowest BCUT2D eigenvalue weighted by Crippen LogP contribution is -2.26. The van der Waals surface area contributed by atoms with Crippen LogP contribution in [0.4, 0.5) is 0 Å². The molecule has 1 atom stereocenters. The van der Waals surface area contributed by atoms with Gasteiger partial charge in [0.2, 0.25) is 5.91 Å². The minimum absolute atomic E-state index is 0.360. The maximum Gasteiger partial charge on any atom is 0.222 e. The molecule has 0 aliphatic carbocycles. The van der Waals surface area contributed by atoms with Crippen LogP contribution in [0.5, 0.6) is 0 Å². The molecule has 1 heterocycles. The molecule has 1 rings (SSSR count). The molecule has 0 saturated carbocycles. The van der Waals surface area contributed by atoms with Crippen molar-refractivity contribution in [3.8, 4) is 0 Å². The van der Waals surface area contributed by atoms with Crippen molar-refractivity contribution in [3.63, 3.8) is 0 Å². The molecule has 1 aliphatic heterocycles. The van der Waals surface area contributed by atoms with Gasteiger partial charge in [-0.2, -0.15) is 0 Å². The van der Waals surface area contributed by atoms with Crippen molar-refractivity contribution in [1.29, 1.82) is 0 Å². The lowest BCUT2D eigenvalue weighted by atomic mass is 10.2. The smallest absolute Gasteiger partial charge is 0.222 e. The van der Waals surface area contributed by atoms with E-state index in [0.717, 1.165) is 19.5 Å². The van der Waals surface area contributed by atoms with Crippen molar-refractivity contribution in [1.82, 2.24) is 4.90 Å². The second-order valence-corrected chi connectivity index (χ2v) is 3.86. The fourth-order valence-electron chi connectivity index (χ4n) is 1.74. The normalized spacial score (nSPS) is 23.7. The Hall–Kier alpha value is -0.530. The summed E-state index contributed by atoms with van der Waals surface area (Å²) in [6, 6.07) is 0. The molecule has 0 aromatic rings. The van der Waals surface area contributed by atoms with E-state index < -0.39 is 0 Å². The molecule has 1 amide bonds. The van der Waals surface area contributed by atoms with Crippen LogP contribution in [0.2, 0.25) is 0 Å². The molecule has 0 bridgehead atoms. The van der Waals surface area contributed by atoms with E-state index in [9.17, 15) is 4.79 Å². The highest BCUT2D eigenvalue weighted by atomic mass is 16.2. The van der Waals surface area contributed by atoms with Crippen molar-refractivity contribution in [3.05, 3.63) is 0 Å². The molecule has 2 nitrogen and oxygen atoms in total. The molecule has 1 fully saturated rings. The first-order chi connectivity index (χ1) is 5.74. The first-order valence-corrected chi connectivity index (χ1v) is 5.01. The number of hydrogen-bond acceptors (Lipinski definition) is 1. The van der Waals surface area contributed by atoms with E-state index >= 15 is 0 Å². The van der Waals surface area contributed by atoms with Gasteiger partial charge in [-0.05, 0) is 12.3 Å². The van der Waals surface area contributed by atoms with Crippen LogP contribution in [0.3, 0.4) is 0 Å². The number of unbranched alkanes of at least 4 members (excludes halogenated alkanes) is 2. The van der Waals surface area contributed by atoms with E-state index in [4.69, 9.17) is 0 Å². The van der Waals surface area contributed by atoms with Gasteiger partial charge >= 0.3 is 0 Å². The summed E-state index contributed by atoms with van der Waals surface area (Å²) in [6.07, 6.45) is 4.43. The van der Waals surface area contributed by atoms with Gasteiger partial charge in [0.05, 0.1) is 0 Å². The van der Waals surface area contributed by atoms with E-state index in [0.29, 0.717) is 11.8 Å². The van der Waals surface area contributed by atoms with Crippen LogP contribution in [-0.4, -0.2) is 23.9 Å². The summed E-state index contributed by atoms with van der Waals surface area (Å²) in [5, 5.41) is 0. The minimum Gasteiger partial charge on any atom is -0.342 e. The van der Waals surface area contributed by atoms with E-state index in [1.807, 2.05) is 4.90 Å². The Morgan fingerprint density at radius 3 is 2.75 bits per heavy atom. The highest BCUT2D eigenvalue weighted by Gasteiger charge is 2.25. The Balaban J connectivity index is 2.19. The third-order valence-electron chi connectivity index (χ3n) is 2.44. The van der Waals surface area contributed by atoms with Gasteiger partial charge in [0.25, 0.3) is 0 Å². The quantitative estimate of drug-likeness (QED) is 0.590. The Bertz CT molecular complexity index is 156. The van der Waals surface area contributed by atoms with Crippen molar-refractivity contribution in [2.24, 2.45) is 5.92 Å². The van der Waals surface area contributed by atoms with E-state index in [-0.39, 0.29) is 0 Å². The predicted molar refractivity (Wildman–Crippen MR) is 49.9 cm³/mol. The topological polar surface area (TPSA) is 20.3 Å². The fraction of sp³-hybridized carbons (Fsp3) is 0.900. The second kappa shape index (κ2) is 4.48. The van der Waals surface area contributed by atoms with E-state index in [2.05, 4.69) is 13.8 Å². The van der Waals surface area contributed by atoms with Gasteiger partial charge in [-0.3, -0.25) is 4.79 Å². The first-order valence-electron chi connectivity index (χ1n) is 5.01. The van der Waals surface area contributed by atoms with Crippen LogP contribution in [0.25, 0.3) is 0 Å². The van der Waals surface area contributed by atoms with Crippen LogP contribution in [0, 0.1) is 5.92 Å². The van der Waals surface area contributed by atoms with Gasteiger partial charge in [-0.1, -0.05) is 26.7 Å². The van der Waals surface area contributed by atoms with Crippen molar-refractivity contribution >= 4 is 5.91 Å². The molecule has 0 spiro atoms. The Labute approximate surface area is 74.9 Å². The summed E-state index contributed by atoms with van der Waals surface area (Å²) in [6.45, 7) is 6.31. The van der Waals surface area contributed by atoms with E-state index in [1.165, 1.54) is 19.3 Å². The zero-order valence-corrected chi connectivity index (χ0v) is 8.18. The van der Waals surface area contributed by atoms with Gasteiger partial charge in [0, 0.05) is 19.5 Å². The Morgan fingerprint density at radius 2 is 2.25 bits per heavy atom. The lowest BCUT2D eigenvalue weighted by Gasteiger charge is -2.15. The third kappa shape index (κ3) is 2.50. The molecule has 0 aromatic heterocycles. The summed E-state index contributed by atoms with van der Waals surface area (Å²) >= 11 is 0. The molecule has 1 aliphatic rings. The highest BCUT2D eigenvalue weighted by Crippen LogP contribution is 2.17. The molecule has 70 valence electrons. The second-order valence-electron chi connectivity index (χ2n) is 3.86.